The summed E-state index contributed by atoms with van der Waals surface area (Å²) in [6.45, 7) is 35.7. The summed E-state index contributed by atoms with van der Waals surface area (Å²) < 4.78 is 0. The maximum Gasteiger partial charge on any atom is -0.00549 e. The minimum atomic E-state index is 0.0969. The van der Waals surface area contributed by atoms with Gasteiger partial charge in [0.25, 0.3) is 0 Å². The van der Waals surface area contributed by atoms with E-state index in [0.717, 1.165) is 0 Å². The predicted octanol–water partition coefficient (Wildman–Crippen LogP) is 8.66. The van der Waals surface area contributed by atoms with Gasteiger partial charge in [-0.2, -0.15) is 0 Å². The second kappa shape index (κ2) is 6.64. The van der Waals surface area contributed by atoms with Gasteiger partial charge in [0, 0.05) is 0 Å². The van der Waals surface area contributed by atoms with E-state index in [1.54, 1.807) is 0 Å². The van der Waals surface area contributed by atoms with Gasteiger partial charge in [0.15, 0.2) is 0 Å². The third-order valence-corrected chi connectivity index (χ3v) is 8.72. The molecular weight excluding hydrogens is 324 g/mol. The standard InChI is InChI=1S/C27H48/c1-22(2,3)25(10,11)19-16-20(26(12,13)23(4,5)6)18-21(17-19)27(14,15)24(7,8)9/h16-18H,1-15H3. The molecule has 0 fully saturated rings. The molecule has 156 valence electrons. The Morgan fingerprint density at radius 2 is 0.481 bits per heavy atom. The zero-order valence-corrected chi connectivity index (χ0v) is 21.2. The Morgan fingerprint density at radius 1 is 0.333 bits per heavy atom. The first-order valence-electron chi connectivity index (χ1n) is 10.7. The lowest BCUT2D eigenvalue weighted by Gasteiger charge is -2.45. The average Bonchev–Trinajstić information content (AvgIpc) is 2.43. The molecule has 0 saturated carbocycles. The third kappa shape index (κ3) is 4.30. The van der Waals surface area contributed by atoms with Crippen molar-refractivity contribution in [3.05, 3.63) is 34.9 Å². The molecule has 0 aliphatic rings. The second-order valence-electron chi connectivity index (χ2n) is 13.4. The highest BCUT2D eigenvalue weighted by Crippen LogP contribution is 2.49. The van der Waals surface area contributed by atoms with Crippen molar-refractivity contribution in [3.63, 3.8) is 0 Å². The molecule has 0 aliphatic carbocycles. The number of hydrogen-bond donors (Lipinski definition) is 0. The predicted molar refractivity (Wildman–Crippen MR) is 124 cm³/mol. The first-order chi connectivity index (χ1) is 11.6. The summed E-state index contributed by atoms with van der Waals surface area (Å²) in [5.74, 6) is 0. The van der Waals surface area contributed by atoms with E-state index in [2.05, 4.69) is 122 Å². The molecule has 0 saturated heterocycles. The van der Waals surface area contributed by atoms with Crippen LogP contribution in [0.5, 0.6) is 0 Å². The van der Waals surface area contributed by atoms with Gasteiger partial charge in [0.05, 0.1) is 0 Å². The summed E-state index contributed by atoms with van der Waals surface area (Å²) >= 11 is 0. The molecule has 0 aliphatic heterocycles. The van der Waals surface area contributed by atoms with E-state index >= 15 is 0 Å². The fourth-order valence-corrected chi connectivity index (χ4v) is 3.01. The van der Waals surface area contributed by atoms with E-state index in [1.165, 1.54) is 16.7 Å². The first-order valence-corrected chi connectivity index (χ1v) is 10.7. The van der Waals surface area contributed by atoms with Gasteiger partial charge in [-0.25, -0.2) is 0 Å². The van der Waals surface area contributed by atoms with Crippen molar-refractivity contribution in [2.45, 2.75) is 120 Å². The quantitative estimate of drug-likeness (QED) is 0.498. The van der Waals surface area contributed by atoms with Crippen molar-refractivity contribution < 1.29 is 0 Å². The van der Waals surface area contributed by atoms with E-state index in [-0.39, 0.29) is 32.5 Å². The SMILES string of the molecule is CC(C)(C)C(C)(C)c1cc(C(C)(C)C(C)(C)C)cc(C(C)(C)C(C)(C)C)c1. The number of benzene rings is 1. The average molecular weight is 373 g/mol. The molecular formula is C27H48. The monoisotopic (exact) mass is 372 g/mol. The van der Waals surface area contributed by atoms with Gasteiger partial charge >= 0.3 is 0 Å². The minimum Gasteiger partial charge on any atom is -0.0593 e. The molecule has 1 aromatic rings. The van der Waals surface area contributed by atoms with Crippen LogP contribution in [-0.4, -0.2) is 0 Å². The highest BCUT2D eigenvalue weighted by Gasteiger charge is 2.41. The maximum absolute atomic E-state index is 2.50. The van der Waals surface area contributed by atoms with E-state index in [9.17, 15) is 0 Å². The molecule has 27 heavy (non-hydrogen) atoms. The van der Waals surface area contributed by atoms with Gasteiger partial charge in [-0.1, -0.05) is 122 Å². The van der Waals surface area contributed by atoms with Gasteiger partial charge in [-0.3, -0.25) is 0 Å². The molecule has 0 radical (unpaired) electrons. The minimum absolute atomic E-state index is 0.0969. The molecule has 0 N–H and O–H groups in total. The Hall–Kier alpha value is -0.780. The van der Waals surface area contributed by atoms with Crippen LogP contribution in [0.2, 0.25) is 0 Å². The fourth-order valence-electron chi connectivity index (χ4n) is 3.01. The lowest BCUT2D eigenvalue weighted by molar-refractivity contribution is 0.209. The van der Waals surface area contributed by atoms with Crippen LogP contribution in [0.3, 0.4) is 0 Å². The molecule has 0 atom stereocenters. The summed E-state index contributed by atoms with van der Waals surface area (Å²) in [5.41, 5.74) is 5.28. The topological polar surface area (TPSA) is 0 Å². The van der Waals surface area contributed by atoms with E-state index < -0.39 is 0 Å². The fraction of sp³-hybridized carbons (Fsp3) is 0.778. The highest BCUT2D eigenvalue weighted by atomic mass is 14.5. The van der Waals surface area contributed by atoms with Crippen molar-refractivity contribution in [1.82, 2.24) is 0 Å². The van der Waals surface area contributed by atoms with Crippen LogP contribution in [-0.2, 0) is 16.2 Å². The number of rotatable bonds is 3. The van der Waals surface area contributed by atoms with Crippen molar-refractivity contribution in [2.75, 3.05) is 0 Å². The zero-order chi connectivity index (χ0) is 21.9. The van der Waals surface area contributed by atoms with Gasteiger partial charge in [-0.05, 0) is 49.2 Å². The van der Waals surface area contributed by atoms with E-state index in [1.807, 2.05) is 0 Å². The largest absolute Gasteiger partial charge is 0.0593 e. The lowest BCUT2D eigenvalue weighted by Crippen LogP contribution is -2.39. The van der Waals surface area contributed by atoms with Crippen molar-refractivity contribution in [2.24, 2.45) is 16.2 Å². The summed E-state index contributed by atoms with van der Waals surface area (Å²) in [4.78, 5) is 0. The van der Waals surface area contributed by atoms with Gasteiger partial charge < -0.3 is 0 Å². The molecule has 0 amide bonds. The van der Waals surface area contributed by atoms with Crippen LogP contribution in [0.15, 0.2) is 18.2 Å². The van der Waals surface area contributed by atoms with Crippen LogP contribution in [0.25, 0.3) is 0 Å². The van der Waals surface area contributed by atoms with Gasteiger partial charge in [-0.15, -0.1) is 0 Å². The molecule has 0 heterocycles. The number of hydrogen-bond acceptors (Lipinski definition) is 0. The Morgan fingerprint density at radius 3 is 0.593 bits per heavy atom. The third-order valence-electron chi connectivity index (χ3n) is 8.72. The van der Waals surface area contributed by atoms with E-state index in [4.69, 9.17) is 0 Å². The molecule has 0 nitrogen and oxygen atoms in total. The molecule has 1 rings (SSSR count). The van der Waals surface area contributed by atoms with Crippen LogP contribution in [0.4, 0.5) is 0 Å². The smallest absolute Gasteiger partial charge is 0.00549 e. The normalized spacial score (nSPS) is 15.2. The van der Waals surface area contributed by atoms with Crippen LogP contribution < -0.4 is 0 Å². The molecule has 0 bridgehead atoms. The Labute approximate surface area is 171 Å². The van der Waals surface area contributed by atoms with E-state index in [0.29, 0.717) is 0 Å². The molecule has 0 spiro atoms. The lowest BCUT2D eigenvalue weighted by atomic mass is 9.59. The summed E-state index contributed by atoms with van der Waals surface area (Å²) in [6.07, 6.45) is 0. The van der Waals surface area contributed by atoms with Crippen LogP contribution in [0.1, 0.15) is 121 Å². The molecule has 1 aromatic carbocycles. The van der Waals surface area contributed by atoms with Gasteiger partial charge in [0.2, 0.25) is 0 Å². The van der Waals surface area contributed by atoms with Crippen LogP contribution in [0, 0.1) is 16.2 Å². The second-order valence-corrected chi connectivity index (χ2v) is 13.4. The van der Waals surface area contributed by atoms with Crippen LogP contribution >= 0.6 is 0 Å². The summed E-state index contributed by atoms with van der Waals surface area (Å²) in [6, 6.07) is 7.50. The summed E-state index contributed by atoms with van der Waals surface area (Å²) in [5, 5.41) is 0. The summed E-state index contributed by atoms with van der Waals surface area (Å²) in [7, 11) is 0. The van der Waals surface area contributed by atoms with Crippen molar-refractivity contribution >= 4 is 0 Å². The molecule has 0 heteroatoms. The Balaban J connectivity index is 3.90. The first kappa shape index (κ1) is 24.3. The Bertz CT molecular complexity index is 554. The Kier molecular flexibility index (Phi) is 5.96. The van der Waals surface area contributed by atoms with Gasteiger partial charge in [0.1, 0.15) is 0 Å². The molecule has 0 unspecified atom stereocenters. The molecule has 0 aromatic heterocycles. The van der Waals surface area contributed by atoms with Crippen molar-refractivity contribution in [1.29, 1.82) is 0 Å². The highest BCUT2D eigenvalue weighted by molar-refractivity contribution is 5.43. The maximum atomic E-state index is 2.50. The van der Waals surface area contributed by atoms with Crippen molar-refractivity contribution in [3.8, 4) is 0 Å². The zero-order valence-electron chi connectivity index (χ0n) is 21.2.